The summed E-state index contributed by atoms with van der Waals surface area (Å²) < 4.78 is 0. The van der Waals surface area contributed by atoms with E-state index in [0.29, 0.717) is 0 Å². The van der Waals surface area contributed by atoms with E-state index in [-0.39, 0.29) is 5.41 Å². The van der Waals surface area contributed by atoms with Gasteiger partial charge in [0.1, 0.15) is 0 Å². The first-order valence-electron chi connectivity index (χ1n) is 14.1. The molecule has 0 N–H and O–H groups in total. The second-order valence-corrected chi connectivity index (χ2v) is 10.7. The molecule has 0 unspecified atom stereocenters. The predicted molar refractivity (Wildman–Crippen MR) is 164 cm³/mol. The molecule has 0 bridgehead atoms. The van der Waals surface area contributed by atoms with E-state index in [9.17, 15) is 0 Å². The van der Waals surface area contributed by atoms with Gasteiger partial charge in [0.2, 0.25) is 0 Å². The highest BCUT2D eigenvalue weighted by Gasteiger charge is 2.47. The maximum atomic E-state index is 2.55. The Kier molecular flexibility index (Phi) is 6.50. The molecular formula is C38H36. The van der Waals surface area contributed by atoms with E-state index in [4.69, 9.17) is 0 Å². The molecule has 0 saturated carbocycles. The third-order valence-corrected chi connectivity index (χ3v) is 8.45. The summed E-state index contributed by atoms with van der Waals surface area (Å²) in [5, 5.41) is 2.72. The Morgan fingerprint density at radius 1 is 0.684 bits per heavy atom. The van der Waals surface area contributed by atoms with E-state index in [1.807, 2.05) is 0 Å². The van der Waals surface area contributed by atoms with Gasteiger partial charge in [-0.05, 0) is 88.0 Å². The van der Waals surface area contributed by atoms with Crippen molar-refractivity contribution in [2.24, 2.45) is 0 Å². The highest BCUT2D eigenvalue weighted by atomic mass is 14.5. The van der Waals surface area contributed by atoms with Gasteiger partial charge in [-0.15, -0.1) is 0 Å². The van der Waals surface area contributed by atoms with Gasteiger partial charge < -0.3 is 0 Å². The fourth-order valence-corrected chi connectivity index (χ4v) is 6.72. The molecular weight excluding hydrogens is 456 g/mol. The number of allylic oxidation sites excluding steroid dienone is 2. The first-order chi connectivity index (χ1) is 18.7. The Labute approximate surface area is 227 Å². The van der Waals surface area contributed by atoms with E-state index in [1.165, 1.54) is 80.1 Å². The van der Waals surface area contributed by atoms with E-state index in [1.54, 1.807) is 0 Å². The highest BCUT2D eigenvalue weighted by molar-refractivity contribution is 6.08. The lowest BCUT2D eigenvalue weighted by Crippen LogP contribution is -2.28. The summed E-state index contributed by atoms with van der Waals surface area (Å²) in [5.74, 6) is 0. The SMILES string of the molecule is CC=C(CCCCC)c1cc2c(c3ccccc13)-c1ccc(C)cc1C2(c1ccccc1)c1ccccc1. The third-order valence-electron chi connectivity index (χ3n) is 8.45. The van der Waals surface area contributed by atoms with Crippen molar-refractivity contribution < 1.29 is 0 Å². The maximum absolute atomic E-state index is 2.55. The average molecular weight is 493 g/mol. The van der Waals surface area contributed by atoms with Gasteiger partial charge in [-0.25, -0.2) is 0 Å². The molecule has 0 fully saturated rings. The fraction of sp³-hybridized carbons (Fsp3) is 0.211. The third kappa shape index (κ3) is 3.74. The zero-order valence-electron chi connectivity index (χ0n) is 22.8. The lowest BCUT2D eigenvalue weighted by Gasteiger charge is -2.34. The minimum Gasteiger partial charge on any atom is -0.0838 e. The number of fused-ring (bicyclic) bond motifs is 5. The van der Waals surface area contributed by atoms with Crippen LogP contribution < -0.4 is 0 Å². The lowest BCUT2D eigenvalue weighted by molar-refractivity contribution is 0.735. The smallest absolute Gasteiger partial charge is 0.0714 e. The zero-order chi connectivity index (χ0) is 26.1. The van der Waals surface area contributed by atoms with Crippen LogP contribution in [-0.2, 0) is 5.41 Å². The van der Waals surface area contributed by atoms with Gasteiger partial charge in [-0.3, -0.25) is 0 Å². The fourth-order valence-electron chi connectivity index (χ4n) is 6.72. The molecule has 38 heavy (non-hydrogen) atoms. The second kappa shape index (κ2) is 10.1. The van der Waals surface area contributed by atoms with Gasteiger partial charge in [0.05, 0.1) is 5.41 Å². The highest BCUT2D eigenvalue weighted by Crippen LogP contribution is 2.58. The summed E-state index contributed by atoms with van der Waals surface area (Å²) >= 11 is 0. The largest absolute Gasteiger partial charge is 0.0838 e. The summed E-state index contributed by atoms with van der Waals surface area (Å²) in [5.41, 5.74) is 12.0. The molecule has 5 aromatic carbocycles. The molecule has 0 aromatic heterocycles. The number of hydrogen-bond donors (Lipinski definition) is 0. The van der Waals surface area contributed by atoms with Crippen molar-refractivity contribution in [1.82, 2.24) is 0 Å². The summed E-state index contributed by atoms with van der Waals surface area (Å²) in [6.07, 6.45) is 7.19. The Balaban J connectivity index is 1.77. The van der Waals surface area contributed by atoms with Crippen LogP contribution in [0.25, 0.3) is 27.5 Å². The van der Waals surface area contributed by atoms with Crippen LogP contribution in [0.15, 0.2) is 115 Å². The average Bonchev–Trinajstić information content (AvgIpc) is 3.26. The Morgan fingerprint density at radius 3 is 1.95 bits per heavy atom. The van der Waals surface area contributed by atoms with Crippen LogP contribution in [0, 0.1) is 6.92 Å². The monoisotopic (exact) mass is 492 g/mol. The van der Waals surface area contributed by atoms with E-state index < -0.39 is 0 Å². The lowest BCUT2D eigenvalue weighted by atomic mass is 9.67. The van der Waals surface area contributed by atoms with E-state index >= 15 is 0 Å². The number of benzene rings is 5. The number of aryl methyl sites for hydroxylation is 1. The van der Waals surface area contributed by atoms with Crippen molar-refractivity contribution in [2.75, 3.05) is 0 Å². The van der Waals surface area contributed by atoms with Crippen LogP contribution in [0.4, 0.5) is 0 Å². The van der Waals surface area contributed by atoms with Gasteiger partial charge >= 0.3 is 0 Å². The van der Waals surface area contributed by atoms with Gasteiger partial charge in [-0.2, -0.15) is 0 Å². The molecule has 0 amide bonds. The Hall–Kier alpha value is -3.90. The van der Waals surface area contributed by atoms with Crippen LogP contribution in [0.1, 0.15) is 72.9 Å². The molecule has 0 aliphatic heterocycles. The molecule has 0 spiro atoms. The first kappa shape index (κ1) is 24.4. The van der Waals surface area contributed by atoms with Crippen molar-refractivity contribution in [3.63, 3.8) is 0 Å². The molecule has 0 atom stereocenters. The molecule has 0 radical (unpaired) electrons. The van der Waals surface area contributed by atoms with Gasteiger partial charge in [-0.1, -0.05) is 135 Å². The topological polar surface area (TPSA) is 0 Å². The van der Waals surface area contributed by atoms with Crippen molar-refractivity contribution >= 4 is 16.3 Å². The number of unbranched alkanes of at least 4 members (excludes halogenated alkanes) is 2. The van der Waals surface area contributed by atoms with E-state index in [0.717, 1.165) is 6.42 Å². The first-order valence-corrected chi connectivity index (χ1v) is 14.1. The maximum Gasteiger partial charge on any atom is 0.0714 e. The van der Waals surface area contributed by atoms with Gasteiger partial charge in [0, 0.05) is 0 Å². The summed E-state index contributed by atoms with van der Waals surface area (Å²) in [4.78, 5) is 0. The normalized spacial score (nSPS) is 13.9. The minimum absolute atomic E-state index is 0.375. The van der Waals surface area contributed by atoms with Crippen LogP contribution in [-0.4, -0.2) is 0 Å². The van der Waals surface area contributed by atoms with Gasteiger partial charge in [0.25, 0.3) is 0 Å². The van der Waals surface area contributed by atoms with Crippen molar-refractivity contribution in [3.05, 3.63) is 149 Å². The quantitative estimate of drug-likeness (QED) is 0.194. The Morgan fingerprint density at radius 2 is 1.32 bits per heavy atom. The van der Waals surface area contributed by atoms with Crippen molar-refractivity contribution in [3.8, 4) is 11.1 Å². The van der Waals surface area contributed by atoms with Crippen LogP contribution in [0.5, 0.6) is 0 Å². The van der Waals surface area contributed by atoms with E-state index in [2.05, 4.69) is 136 Å². The minimum atomic E-state index is -0.375. The molecule has 0 heteroatoms. The summed E-state index contributed by atoms with van der Waals surface area (Å²) in [7, 11) is 0. The summed E-state index contributed by atoms with van der Waals surface area (Å²) in [6.45, 7) is 6.72. The standard InChI is InChI=1S/C38H36/c1-4-6-9-16-28(5-2)34-26-36-37(32-22-15-14-21-31(32)34)33-24-23-27(3)25-35(33)38(36,29-17-10-7-11-18-29)30-19-12-8-13-20-30/h5,7-8,10-15,17-26H,4,6,9,16H2,1-3H3. The number of rotatable bonds is 7. The molecule has 0 saturated heterocycles. The molecule has 1 aliphatic rings. The van der Waals surface area contributed by atoms with Crippen molar-refractivity contribution in [1.29, 1.82) is 0 Å². The molecule has 1 aliphatic carbocycles. The van der Waals surface area contributed by atoms with Crippen LogP contribution in [0.2, 0.25) is 0 Å². The molecule has 0 heterocycles. The van der Waals surface area contributed by atoms with Crippen molar-refractivity contribution in [2.45, 2.75) is 51.9 Å². The second-order valence-electron chi connectivity index (χ2n) is 10.7. The van der Waals surface area contributed by atoms with Crippen LogP contribution in [0.3, 0.4) is 0 Å². The van der Waals surface area contributed by atoms with Crippen LogP contribution >= 0.6 is 0 Å². The molecule has 5 aromatic rings. The van der Waals surface area contributed by atoms with Gasteiger partial charge in [0.15, 0.2) is 0 Å². The summed E-state index contributed by atoms with van der Waals surface area (Å²) in [6, 6.07) is 41.0. The number of hydrogen-bond acceptors (Lipinski definition) is 0. The molecule has 0 nitrogen and oxygen atoms in total. The zero-order valence-corrected chi connectivity index (χ0v) is 22.8. The predicted octanol–water partition coefficient (Wildman–Crippen LogP) is 10.5. The molecule has 188 valence electrons. The molecule has 6 rings (SSSR count). The Bertz CT molecular complexity index is 1580.